The van der Waals surface area contributed by atoms with E-state index >= 15 is 0 Å². The minimum Gasteiger partial charge on any atom is -0.383 e. The number of aromatic nitrogens is 2. The Labute approximate surface area is 104 Å². The first-order valence-electron chi connectivity index (χ1n) is 6.21. The third-order valence-electron chi connectivity index (χ3n) is 2.56. The third kappa shape index (κ3) is 6.44. The summed E-state index contributed by atoms with van der Waals surface area (Å²) in [6.07, 6.45) is 4.90. The number of ether oxygens (including phenoxy) is 1. The Balaban J connectivity index is 2.29. The van der Waals surface area contributed by atoms with E-state index in [-0.39, 0.29) is 0 Å². The highest BCUT2D eigenvalue weighted by Gasteiger charge is 2.17. The largest absolute Gasteiger partial charge is 0.383 e. The van der Waals surface area contributed by atoms with Crippen molar-refractivity contribution < 1.29 is 4.74 Å². The summed E-state index contributed by atoms with van der Waals surface area (Å²) >= 11 is 0. The van der Waals surface area contributed by atoms with Crippen LogP contribution in [0.3, 0.4) is 0 Å². The van der Waals surface area contributed by atoms with Gasteiger partial charge in [0.2, 0.25) is 0 Å². The summed E-state index contributed by atoms with van der Waals surface area (Å²) in [6, 6.07) is 2.36. The SMILES string of the molecule is COCC(CC(C)(C)C)NCCn1cccn1. The summed E-state index contributed by atoms with van der Waals surface area (Å²) in [4.78, 5) is 0. The normalized spacial score (nSPS) is 13.9. The predicted molar refractivity (Wildman–Crippen MR) is 70.0 cm³/mol. The van der Waals surface area contributed by atoms with E-state index in [1.807, 2.05) is 23.1 Å². The van der Waals surface area contributed by atoms with Gasteiger partial charge in [-0.1, -0.05) is 20.8 Å². The molecule has 0 aliphatic carbocycles. The van der Waals surface area contributed by atoms with Gasteiger partial charge in [-0.15, -0.1) is 0 Å². The molecule has 1 aromatic rings. The molecule has 4 heteroatoms. The van der Waals surface area contributed by atoms with Gasteiger partial charge in [0.25, 0.3) is 0 Å². The van der Waals surface area contributed by atoms with Crippen molar-refractivity contribution in [2.24, 2.45) is 5.41 Å². The van der Waals surface area contributed by atoms with E-state index in [1.165, 1.54) is 0 Å². The number of hydrogen-bond acceptors (Lipinski definition) is 3. The number of hydrogen-bond donors (Lipinski definition) is 1. The van der Waals surface area contributed by atoms with Crippen molar-refractivity contribution in [2.75, 3.05) is 20.3 Å². The molecule has 98 valence electrons. The molecule has 0 fully saturated rings. The van der Waals surface area contributed by atoms with E-state index in [2.05, 4.69) is 31.2 Å². The van der Waals surface area contributed by atoms with Gasteiger partial charge in [0.15, 0.2) is 0 Å². The highest BCUT2D eigenvalue weighted by atomic mass is 16.5. The van der Waals surface area contributed by atoms with Gasteiger partial charge in [-0.05, 0) is 17.9 Å². The molecule has 0 amide bonds. The highest BCUT2D eigenvalue weighted by Crippen LogP contribution is 2.20. The molecule has 1 N–H and O–H groups in total. The molecule has 4 nitrogen and oxygen atoms in total. The van der Waals surface area contributed by atoms with Crippen LogP contribution >= 0.6 is 0 Å². The van der Waals surface area contributed by atoms with Gasteiger partial charge in [0.05, 0.1) is 13.2 Å². The minimum absolute atomic E-state index is 0.321. The van der Waals surface area contributed by atoms with Crippen LogP contribution in [-0.2, 0) is 11.3 Å². The summed E-state index contributed by atoms with van der Waals surface area (Å²) in [5, 5.41) is 7.71. The van der Waals surface area contributed by atoms with Crippen molar-refractivity contribution in [3.8, 4) is 0 Å². The van der Waals surface area contributed by atoms with Gasteiger partial charge in [0, 0.05) is 32.1 Å². The quantitative estimate of drug-likeness (QED) is 0.790. The van der Waals surface area contributed by atoms with Crippen LogP contribution in [0.4, 0.5) is 0 Å². The zero-order valence-corrected chi connectivity index (χ0v) is 11.4. The van der Waals surface area contributed by atoms with Crippen molar-refractivity contribution in [2.45, 2.75) is 39.8 Å². The van der Waals surface area contributed by atoms with Crippen molar-refractivity contribution in [3.05, 3.63) is 18.5 Å². The summed E-state index contributed by atoms with van der Waals surface area (Å²) in [5.41, 5.74) is 0.321. The molecule has 1 heterocycles. The monoisotopic (exact) mass is 239 g/mol. The molecule has 1 aromatic heterocycles. The molecule has 0 radical (unpaired) electrons. The van der Waals surface area contributed by atoms with Crippen molar-refractivity contribution in [1.29, 1.82) is 0 Å². The average Bonchev–Trinajstić information content (AvgIpc) is 2.68. The Kier molecular flexibility index (Phi) is 5.65. The molecule has 17 heavy (non-hydrogen) atoms. The van der Waals surface area contributed by atoms with Gasteiger partial charge >= 0.3 is 0 Å². The summed E-state index contributed by atoms with van der Waals surface area (Å²) < 4.78 is 7.19. The van der Waals surface area contributed by atoms with Crippen LogP contribution in [0.15, 0.2) is 18.5 Å². The molecule has 0 aliphatic heterocycles. The molecule has 0 spiro atoms. The molecule has 1 atom stereocenters. The van der Waals surface area contributed by atoms with Gasteiger partial charge in [-0.2, -0.15) is 5.10 Å². The van der Waals surface area contributed by atoms with Crippen molar-refractivity contribution >= 4 is 0 Å². The van der Waals surface area contributed by atoms with Crippen LogP contribution in [0.25, 0.3) is 0 Å². The fraction of sp³-hybridized carbons (Fsp3) is 0.769. The Morgan fingerprint density at radius 1 is 1.41 bits per heavy atom. The van der Waals surface area contributed by atoms with Gasteiger partial charge in [0.1, 0.15) is 0 Å². The number of nitrogens with one attached hydrogen (secondary N) is 1. The van der Waals surface area contributed by atoms with Crippen LogP contribution in [0, 0.1) is 5.41 Å². The first-order valence-corrected chi connectivity index (χ1v) is 6.21. The maximum Gasteiger partial charge on any atom is 0.0616 e. The molecule has 0 saturated carbocycles. The first-order chi connectivity index (χ1) is 8.01. The van der Waals surface area contributed by atoms with Crippen LogP contribution in [0.1, 0.15) is 27.2 Å². The summed E-state index contributed by atoms with van der Waals surface area (Å²) in [6.45, 7) is 9.35. The van der Waals surface area contributed by atoms with E-state index in [4.69, 9.17) is 4.74 Å². The Hall–Kier alpha value is -0.870. The van der Waals surface area contributed by atoms with Crippen molar-refractivity contribution in [1.82, 2.24) is 15.1 Å². The van der Waals surface area contributed by atoms with Gasteiger partial charge in [-0.25, -0.2) is 0 Å². The van der Waals surface area contributed by atoms with E-state index < -0.39 is 0 Å². The van der Waals surface area contributed by atoms with Crippen LogP contribution in [0.5, 0.6) is 0 Å². The molecule has 0 aliphatic rings. The van der Waals surface area contributed by atoms with E-state index in [1.54, 1.807) is 7.11 Å². The third-order valence-corrected chi connectivity index (χ3v) is 2.56. The lowest BCUT2D eigenvalue weighted by Gasteiger charge is -2.26. The van der Waals surface area contributed by atoms with Crippen LogP contribution < -0.4 is 5.32 Å². The lowest BCUT2D eigenvalue weighted by atomic mass is 9.88. The average molecular weight is 239 g/mol. The maximum absolute atomic E-state index is 5.25. The second-order valence-electron chi connectivity index (χ2n) is 5.64. The molecular formula is C13H25N3O. The lowest BCUT2D eigenvalue weighted by Crippen LogP contribution is -2.38. The zero-order chi connectivity index (χ0) is 12.7. The van der Waals surface area contributed by atoms with Crippen LogP contribution in [-0.4, -0.2) is 36.1 Å². The summed E-state index contributed by atoms with van der Waals surface area (Å²) in [7, 11) is 1.75. The maximum atomic E-state index is 5.25. The Bertz CT molecular complexity index is 290. The highest BCUT2D eigenvalue weighted by molar-refractivity contribution is 4.79. The topological polar surface area (TPSA) is 39.1 Å². The number of methoxy groups -OCH3 is 1. The predicted octanol–water partition coefficient (Wildman–Crippen LogP) is 1.92. The molecule has 0 bridgehead atoms. The van der Waals surface area contributed by atoms with E-state index in [0.29, 0.717) is 11.5 Å². The molecule has 1 rings (SSSR count). The van der Waals surface area contributed by atoms with Gasteiger partial charge in [-0.3, -0.25) is 4.68 Å². The first kappa shape index (κ1) is 14.2. The number of nitrogens with zero attached hydrogens (tertiary/aromatic N) is 2. The molecular weight excluding hydrogens is 214 g/mol. The summed E-state index contributed by atoms with van der Waals surface area (Å²) in [5.74, 6) is 0. The molecule has 0 saturated heterocycles. The molecule has 1 unspecified atom stereocenters. The second kappa shape index (κ2) is 6.77. The zero-order valence-electron chi connectivity index (χ0n) is 11.4. The fourth-order valence-electron chi connectivity index (χ4n) is 1.95. The van der Waals surface area contributed by atoms with Crippen LogP contribution in [0.2, 0.25) is 0 Å². The van der Waals surface area contributed by atoms with Gasteiger partial charge < -0.3 is 10.1 Å². The van der Waals surface area contributed by atoms with E-state index in [9.17, 15) is 0 Å². The minimum atomic E-state index is 0.321. The smallest absolute Gasteiger partial charge is 0.0616 e. The number of rotatable bonds is 7. The standard InChI is InChI=1S/C13H25N3O/c1-13(2,3)10-12(11-17-4)14-7-9-16-8-5-6-15-16/h5-6,8,12,14H,7,9-11H2,1-4H3. The van der Waals surface area contributed by atoms with Crippen molar-refractivity contribution in [3.63, 3.8) is 0 Å². The second-order valence-corrected chi connectivity index (χ2v) is 5.64. The fourth-order valence-corrected chi connectivity index (χ4v) is 1.95. The lowest BCUT2D eigenvalue weighted by molar-refractivity contribution is 0.143. The molecule has 0 aromatic carbocycles. The van der Waals surface area contributed by atoms with E-state index in [0.717, 1.165) is 26.1 Å². The Morgan fingerprint density at radius 2 is 2.18 bits per heavy atom. The Morgan fingerprint density at radius 3 is 2.71 bits per heavy atom.